The third-order valence-corrected chi connectivity index (χ3v) is 2.32. The molecule has 1 aliphatic heterocycles. The van der Waals surface area contributed by atoms with Gasteiger partial charge in [0.15, 0.2) is 0 Å². The predicted molar refractivity (Wildman–Crippen MR) is 66.2 cm³/mol. The molecular weight excluding hydrogens is 236 g/mol. The van der Waals surface area contributed by atoms with E-state index in [0.717, 1.165) is 6.42 Å². The number of carbonyl (C=O) groups excluding carboxylic acids is 2. The normalized spacial score (nSPS) is 19.4. The number of nitrogens with one attached hydrogen (secondary N) is 2. The number of ether oxygens (including phenoxy) is 2. The van der Waals surface area contributed by atoms with E-state index in [4.69, 9.17) is 9.47 Å². The molecule has 0 saturated carbocycles. The van der Waals surface area contributed by atoms with Crippen LogP contribution in [0.15, 0.2) is 0 Å². The molecule has 1 heterocycles. The van der Waals surface area contributed by atoms with Crippen molar-refractivity contribution >= 4 is 12.0 Å². The summed E-state index contributed by atoms with van der Waals surface area (Å²) < 4.78 is 10.2. The fourth-order valence-corrected chi connectivity index (χ4v) is 1.54. The molecule has 1 fully saturated rings. The summed E-state index contributed by atoms with van der Waals surface area (Å²) in [6, 6.07) is 0.110. The summed E-state index contributed by atoms with van der Waals surface area (Å²) in [4.78, 5) is 22.8. The van der Waals surface area contributed by atoms with Crippen LogP contribution in [0.5, 0.6) is 0 Å². The summed E-state index contributed by atoms with van der Waals surface area (Å²) in [6.45, 7) is 6.92. The van der Waals surface area contributed by atoms with Gasteiger partial charge in [-0.1, -0.05) is 0 Å². The molecule has 1 rings (SSSR count). The van der Waals surface area contributed by atoms with E-state index in [1.807, 2.05) is 0 Å². The van der Waals surface area contributed by atoms with Gasteiger partial charge in [-0.05, 0) is 27.2 Å². The molecule has 0 unspecified atom stereocenters. The highest BCUT2D eigenvalue weighted by atomic mass is 16.6. The van der Waals surface area contributed by atoms with Gasteiger partial charge in [0.25, 0.3) is 0 Å². The van der Waals surface area contributed by atoms with Gasteiger partial charge in [0.1, 0.15) is 5.60 Å². The molecule has 1 atom stereocenters. The Bertz CT molecular complexity index is 293. The number of carbonyl (C=O) groups is 2. The van der Waals surface area contributed by atoms with Crippen LogP contribution in [0.25, 0.3) is 0 Å². The van der Waals surface area contributed by atoms with Crippen LogP contribution in [-0.2, 0) is 14.3 Å². The molecule has 0 spiro atoms. The second kappa shape index (κ2) is 6.58. The van der Waals surface area contributed by atoms with Crippen LogP contribution in [0.1, 0.15) is 33.6 Å². The largest absolute Gasteiger partial charge is 0.444 e. The van der Waals surface area contributed by atoms with E-state index in [2.05, 4.69) is 10.6 Å². The van der Waals surface area contributed by atoms with Crippen LogP contribution >= 0.6 is 0 Å². The minimum atomic E-state index is -0.520. The SMILES string of the molecule is CC(C)(C)OC(=O)NCCC(=O)N[C@H]1CCOC1. The first-order valence-corrected chi connectivity index (χ1v) is 6.21. The van der Waals surface area contributed by atoms with E-state index >= 15 is 0 Å². The lowest BCUT2D eigenvalue weighted by atomic mass is 10.2. The van der Waals surface area contributed by atoms with Crippen molar-refractivity contribution < 1.29 is 19.1 Å². The van der Waals surface area contributed by atoms with E-state index in [0.29, 0.717) is 13.2 Å². The second-order valence-electron chi connectivity index (χ2n) is 5.31. The molecule has 1 saturated heterocycles. The molecule has 0 aliphatic carbocycles. The maximum Gasteiger partial charge on any atom is 0.407 e. The van der Waals surface area contributed by atoms with Gasteiger partial charge in [0.2, 0.25) is 5.91 Å². The van der Waals surface area contributed by atoms with Crippen LogP contribution in [0, 0.1) is 0 Å². The molecule has 1 aliphatic rings. The van der Waals surface area contributed by atoms with Gasteiger partial charge in [0.05, 0.1) is 12.6 Å². The van der Waals surface area contributed by atoms with Crippen molar-refractivity contribution in [1.29, 1.82) is 0 Å². The summed E-state index contributed by atoms with van der Waals surface area (Å²) in [5, 5.41) is 5.39. The van der Waals surface area contributed by atoms with Crippen LogP contribution in [-0.4, -0.2) is 43.4 Å². The minimum absolute atomic E-state index is 0.0819. The van der Waals surface area contributed by atoms with Gasteiger partial charge < -0.3 is 20.1 Å². The molecule has 6 heteroatoms. The molecule has 0 radical (unpaired) electrons. The number of amides is 2. The summed E-state index contributed by atoms with van der Waals surface area (Å²) in [6.07, 6.45) is 0.598. The number of alkyl carbamates (subject to hydrolysis) is 1. The zero-order chi connectivity index (χ0) is 13.6. The molecule has 2 N–H and O–H groups in total. The Morgan fingerprint density at radius 2 is 2.11 bits per heavy atom. The number of rotatable bonds is 4. The second-order valence-corrected chi connectivity index (χ2v) is 5.31. The van der Waals surface area contributed by atoms with Crippen LogP contribution < -0.4 is 10.6 Å². The van der Waals surface area contributed by atoms with Crippen molar-refractivity contribution in [3.8, 4) is 0 Å². The van der Waals surface area contributed by atoms with E-state index in [1.54, 1.807) is 20.8 Å². The van der Waals surface area contributed by atoms with Crippen molar-refractivity contribution in [2.75, 3.05) is 19.8 Å². The molecule has 18 heavy (non-hydrogen) atoms. The molecule has 0 aromatic carbocycles. The smallest absolute Gasteiger partial charge is 0.407 e. The Labute approximate surface area is 107 Å². The Morgan fingerprint density at radius 3 is 2.67 bits per heavy atom. The van der Waals surface area contributed by atoms with E-state index in [-0.39, 0.29) is 24.9 Å². The van der Waals surface area contributed by atoms with Gasteiger partial charge in [-0.15, -0.1) is 0 Å². The highest BCUT2D eigenvalue weighted by molar-refractivity contribution is 5.77. The Balaban J connectivity index is 2.09. The maximum absolute atomic E-state index is 11.5. The zero-order valence-corrected chi connectivity index (χ0v) is 11.2. The van der Waals surface area contributed by atoms with Crippen LogP contribution in [0.2, 0.25) is 0 Å². The number of hydrogen-bond acceptors (Lipinski definition) is 4. The lowest BCUT2D eigenvalue weighted by Crippen LogP contribution is -2.38. The maximum atomic E-state index is 11.5. The molecule has 104 valence electrons. The van der Waals surface area contributed by atoms with Crippen molar-refractivity contribution in [1.82, 2.24) is 10.6 Å². The lowest BCUT2D eigenvalue weighted by Gasteiger charge is -2.19. The van der Waals surface area contributed by atoms with Crippen LogP contribution in [0.3, 0.4) is 0 Å². The van der Waals surface area contributed by atoms with E-state index in [9.17, 15) is 9.59 Å². The first-order valence-electron chi connectivity index (χ1n) is 6.21. The third kappa shape index (κ3) is 6.44. The summed E-state index contributed by atoms with van der Waals surface area (Å²) in [5.74, 6) is -0.0819. The first-order chi connectivity index (χ1) is 8.37. The monoisotopic (exact) mass is 258 g/mol. The molecule has 0 aromatic rings. The van der Waals surface area contributed by atoms with Crippen LogP contribution in [0.4, 0.5) is 4.79 Å². The summed E-state index contributed by atoms with van der Waals surface area (Å²) >= 11 is 0. The van der Waals surface area contributed by atoms with Crippen molar-refractivity contribution in [2.24, 2.45) is 0 Å². The van der Waals surface area contributed by atoms with Crippen molar-refractivity contribution in [2.45, 2.75) is 45.3 Å². The Hall–Kier alpha value is -1.30. The van der Waals surface area contributed by atoms with Gasteiger partial charge >= 0.3 is 6.09 Å². The Morgan fingerprint density at radius 1 is 1.39 bits per heavy atom. The zero-order valence-electron chi connectivity index (χ0n) is 11.2. The first kappa shape index (κ1) is 14.8. The average Bonchev–Trinajstić information content (AvgIpc) is 2.67. The number of hydrogen-bond donors (Lipinski definition) is 2. The molecule has 2 amide bonds. The van der Waals surface area contributed by atoms with Crippen molar-refractivity contribution in [3.05, 3.63) is 0 Å². The highest BCUT2D eigenvalue weighted by Crippen LogP contribution is 2.06. The lowest BCUT2D eigenvalue weighted by molar-refractivity contribution is -0.121. The molecular formula is C12H22N2O4. The van der Waals surface area contributed by atoms with Gasteiger partial charge in [-0.25, -0.2) is 4.79 Å². The molecule has 0 bridgehead atoms. The molecule has 0 aromatic heterocycles. The average molecular weight is 258 g/mol. The summed E-state index contributed by atoms with van der Waals surface area (Å²) in [7, 11) is 0. The van der Waals surface area contributed by atoms with Gasteiger partial charge in [-0.2, -0.15) is 0 Å². The fraction of sp³-hybridized carbons (Fsp3) is 0.833. The quantitative estimate of drug-likeness (QED) is 0.782. The standard InChI is InChI=1S/C12H22N2O4/c1-12(2,3)18-11(16)13-6-4-10(15)14-9-5-7-17-8-9/h9H,4-8H2,1-3H3,(H,13,16)(H,14,15)/t9-/m0/s1. The topological polar surface area (TPSA) is 76.7 Å². The summed E-state index contributed by atoms with van der Waals surface area (Å²) in [5.41, 5.74) is -0.520. The fourth-order valence-electron chi connectivity index (χ4n) is 1.54. The third-order valence-electron chi connectivity index (χ3n) is 2.32. The van der Waals surface area contributed by atoms with E-state index < -0.39 is 11.7 Å². The highest BCUT2D eigenvalue weighted by Gasteiger charge is 2.18. The predicted octanol–water partition coefficient (Wildman–Crippen LogP) is 0.806. The molecule has 6 nitrogen and oxygen atoms in total. The van der Waals surface area contributed by atoms with Gasteiger partial charge in [-0.3, -0.25) is 4.79 Å². The minimum Gasteiger partial charge on any atom is -0.444 e. The van der Waals surface area contributed by atoms with Crippen molar-refractivity contribution in [3.63, 3.8) is 0 Å². The van der Waals surface area contributed by atoms with E-state index in [1.165, 1.54) is 0 Å². The van der Waals surface area contributed by atoms with Gasteiger partial charge in [0, 0.05) is 19.6 Å². The Kier molecular flexibility index (Phi) is 5.40.